The van der Waals surface area contributed by atoms with Gasteiger partial charge in [0, 0.05) is 46.8 Å². The molecule has 154 valence electrons. The fourth-order valence-electron chi connectivity index (χ4n) is 2.63. The van der Waals surface area contributed by atoms with E-state index in [0.717, 1.165) is 4.90 Å². The number of nitrogens with zero attached hydrogens (tertiary/aromatic N) is 3. The van der Waals surface area contributed by atoms with Crippen molar-refractivity contribution in [3.63, 3.8) is 0 Å². The summed E-state index contributed by atoms with van der Waals surface area (Å²) in [6, 6.07) is 12.3. The number of amides is 1. The minimum Gasteiger partial charge on any atom is -0.367 e. The number of halogens is 1. The number of hydrogen-bond acceptors (Lipinski definition) is 6. The molecule has 0 saturated heterocycles. The summed E-state index contributed by atoms with van der Waals surface area (Å²) in [5, 5.41) is 16.0. The number of thioether (sulfide) groups is 1. The number of nitrogens with one attached hydrogen (secondary N) is 1. The fraction of sp³-hybridized carbons (Fsp3) is 0.300. The van der Waals surface area contributed by atoms with Crippen LogP contribution in [0.25, 0.3) is 0 Å². The molecular weight excluding hydrogens is 412 g/mol. The van der Waals surface area contributed by atoms with Gasteiger partial charge in [0.05, 0.1) is 11.1 Å². The molecule has 7 nitrogen and oxygen atoms in total. The third kappa shape index (κ3) is 7.07. The molecule has 0 radical (unpaired) electrons. The number of carbonyl (C=O) groups excluding carboxylic acids is 1. The second-order valence-corrected chi connectivity index (χ2v) is 7.63. The Morgan fingerprint density at radius 3 is 2.55 bits per heavy atom. The summed E-state index contributed by atoms with van der Waals surface area (Å²) >= 11 is 7.39. The lowest BCUT2D eigenvalue weighted by Crippen LogP contribution is -2.22. The monoisotopic (exact) mass is 434 g/mol. The van der Waals surface area contributed by atoms with E-state index in [2.05, 4.69) is 10.5 Å². The van der Waals surface area contributed by atoms with Crippen molar-refractivity contribution in [3.8, 4) is 0 Å². The highest BCUT2D eigenvalue weighted by molar-refractivity contribution is 7.99. The molecule has 2 aromatic rings. The molecule has 1 N–H and O–H groups in total. The first-order valence-corrected chi connectivity index (χ1v) is 10.5. The van der Waals surface area contributed by atoms with Gasteiger partial charge in [0.2, 0.25) is 5.91 Å². The maximum Gasteiger partial charge on any atom is 0.293 e. The Kier molecular flexibility index (Phi) is 8.95. The molecule has 9 heteroatoms. The van der Waals surface area contributed by atoms with Crippen LogP contribution in [0.5, 0.6) is 0 Å². The Bertz CT molecular complexity index is 871. The molecule has 0 heterocycles. The highest BCUT2D eigenvalue weighted by Gasteiger charge is 2.18. The lowest BCUT2D eigenvalue weighted by Gasteiger charge is -2.20. The highest BCUT2D eigenvalue weighted by Crippen LogP contribution is 2.28. The number of hydrazone groups is 1. The molecular formula is C20H23ClN4O3S. The van der Waals surface area contributed by atoms with Gasteiger partial charge in [-0.2, -0.15) is 5.10 Å². The van der Waals surface area contributed by atoms with Crippen LogP contribution in [0.3, 0.4) is 0 Å². The van der Waals surface area contributed by atoms with Crippen LogP contribution >= 0.6 is 23.4 Å². The van der Waals surface area contributed by atoms with Crippen molar-refractivity contribution in [1.82, 2.24) is 5.43 Å². The van der Waals surface area contributed by atoms with Crippen LogP contribution in [-0.2, 0) is 4.79 Å². The van der Waals surface area contributed by atoms with Crippen molar-refractivity contribution >= 4 is 46.9 Å². The fourth-order valence-corrected chi connectivity index (χ4v) is 3.60. The summed E-state index contributed by atoms with van der Waals surface area (Å²) in [6.07, 6.45) is 1.70. The topological polar surface area (TPSA) is 87.8 Å². The standard InChI is InChI=1S/C20H23ClN4O3S/c1-3-24(4-2)18-10-5-15(13-19(18)25(27)28)14-22-23-20(26)11-12-29-17-8-6-16(21)7-9-17/h5-10,13-14H,3-4,11-12H2,1-2H3,(H,23,26)/b22-14+. The Morgan fingerprint density at radius 1 is 1.24 bits per heavy atom. The minimum atomic E-state index is -0.405. The Morgan fingerprint density at radius 2 is 1.93 bits per heavy atom. The number of carbonyl (C=O) groups is 1. The van der Waals surface area contributed by atoms with Gasteiger partial charge in [0.15, 0.2) is 0 Å². The van der Waals surface area contributed by atoms with Gasteiger partial charge in [0.1, 0.15) is 5.69 Å². The lowest BCUT2D eigenvalue weighted by molar-refractivity contribution is -0.384. The molecule has 29 heavy (non-hydrogen) atoms. The summed E-state index contributed by atoms with van der Waals surface area (Å²) in [4.78, 5) is 25.8. The van der Waals surface area contributed by atoms with Crippen molar-refractivity contribution < 1.29 is 9.72 Å². The molecule has 0 fully saturated rings. The van der Waals surface area contributed by atoms with E-state index < -0.39 is 4.92 Å². The first kappa shape index (κ1) is 22.7. The average molecular weight is 435 g/mol. The molecule has 0 aromatic heterocycles. The van der Waals surface area contributed by atoms with Crippen molar-refractivity contribution in [2.75, 3.05) is 23.7 Å². The van der Waals surface area contributed by atoms with Gasteiger partial charge in [-0.05, 0) is 44.2 Å². The number of anilines is 1. The van der Waals surface area contributed by atoms with E-state index in [9.17, 15) is 14.9 Å². The van der Waals surface area contributed by atoms with Crippen LogP contribution in [0.4, 0.5) is 11.4 Å². The molecule has 0 spiro atoms. The molecule has 0 atom stereocenters. The largest absolute Gasteiger partial charge is 0.367 e. The van der Waals surface area contributed by atoms with Crippen LogP contribution in [-0.4, -0.2) is 35.9 Å². The lowest BCUT2D eigenvalue weighted by atomic mass is 10.1. The third-order valence-electron chi connectivity index (χ3n) is 4.11. The van der Waals surface area contributed by atoms with Crippen LogP contribution in [0, 0.1) is 10.1 Å². The van der Waals surface area contributed by atoms with Crippen molar-refractivity contribution in [3.05, 3.63) is 63.2 Å². The zero-order valence-electron chi connectivity index (χ0n) is 16.3. The SMILES string of the molecule is CCN(CC)c1ccc(/C=N/NC(=O)CCSc2ccc(Cl)cc2)cc1[N+](=O)[O-]. The zero-order chi connectivity index (χ0) is 21.2. The van der Waals surface area contributed by atoms with Crippen molar-refractivity contribution in [2.24, 2.45) is 5.10 Å². The maximum atomic E-state index is 11.9. The van der Waals surface area contributed by atoms with Gasteiger partial charge in [-0.25, -0.2) is 5.43 Å². The van der Waals surface area contributed by atoms with Gasteiger partial charge in [-0.3, -0.25) is 14.9 Å². The van der Waals surface area contributed by atoms with Crippen LogP contribution < -0.4 is 10.3 Å². The molecule has 1 amide bonds. The number of hydrogen-bond donors (Lipinski definition) is 1. The van der Waals surface area contributed by atoms with Crippen LogP contribution in [0.2, 0.25) is 5.02 Å². The molecule has 0 saturated carbocycles. The van der Waals surface area contributed by atoms with E-state index in [1.807, 2.05) is 30.9 Å². The highest BCUT2D eigenvalue weighted by atomic mass is 35.5. The van der Waals surface area contributed by atoms with Gasteiger partial charge in [-0.1, -0.05) is 17.7 Å². The van der Waals surface area contributed by atoms with Gasteiger partial charge < -0.3 is 4.90 Å². The second-order valence-electron chi connectivity index (χ2n) is 6.02. The zero-order valence-corrected chi connectivity index (χ0v) is 17.9. The van der Waals surface area contributed by atoms with E-state index >= 15 is 0 Å². The molecule has 0 bridgehead atoms. The van der Waals surface area contributed by atoms with Crippen LogP contribution in [0.15, 0.2) is 52.5 Å². The summed E-state index contributed by atoms with van der Waals surface area (Å²) < 4.78 is 0. The number of benzene rings is 2. The predicted molar refractivity (Wildman–Crippen MR) is 119 cm³/mol. The second kappa shape index (κ2) is 11.4. The van der Waals surface area contributed by atoms with E-state index in [0.29, 0.717) is 41.5 Å². The van der Waals surface area contributed by atoms with E-state index in [4.69, 9.17) is 11.6 Å². The summed E-state index contributed by atoms with van der Waals surface area (Å²) in [7, 11) is 0. The quantitative estimate of drug-likeness (QED) is 0.253. The maximum absolute atomic E-state index is 11.9. The van der Waals surface area contributed by atoms with Crippen molar-refractivity contribution in [2.45, 2.75) is 25.2 Å². The number of nitro benzene ring substituents is 1. The van der Waals surface area contributed by atoms with Gasteiger partial charge in [0.25, 0.3) is 5.69 Å². The number of rotatable bonds is 10. The Hall–Kier alpha value is -2.58. The number of nitro groups is 1. The van der Waals surface area contributed by atoms with E-state index in [-0.39, 0.29) is 11.6 Å². The predicted octanol–water partition coefficient (Wildman–Crippen LogP) is 4.73. The molecule has 2 rings (SSSR count). The van der Waals surface area contributed by atoms with Crippen LogP contribution in [0.1, 0.15) is 25.8 Å². The van der Waals surface area contributed by atoms with Crippen molar-refractivity contribution in [1.29, 1.82) is 0 Å². The van der Waals surface area contributed by atoms with Gasteiger partial charge >= 0.3 is 0 Å². The minimum absolute atomic E-state index is 0.0170. The third-order valence-corrected chi connectivity index (χ3v) is 5.38. The smallest absolute Gasteiger partial charge is 0.293 e. The molecule has 0 aliphatic carbocycles. The molecule has 0 unspecified atom stereocenters. The normalized spacial score (nSPS) is 10.9. The molecule has 0 aliphatic heterocycles. The van der Waals surface area contributed by atoms with E-state index in [1.165, 1.54) is 12.3 Å². The molecule has 0 aliphatic rings. The molecule has 2 aromatic carbocycles. The first-order valence-electron chi connectivity index (χ1n) is 9.18. The Balaban J connectivity index is 1.90. The summed E-state index contributed by atoms with van der Waals surface area (Å²) in [6.45, 7) is 5.25. The van der Waals surface area contributed by atoms with E-state index in [1.54, 1.807) is 36.0 Å². The Labute approximate surface area is 179 Å². The van der Waals surface area contributed by atoms with Gasteiger partial charge in [-0.15, -0.1) is 11.8 Å². The summed E-state index contributed by atoms with van der Waals surface area (Å²) in [5.74, 6) is 0.379. The summed E-state index contributed by atoms with van der Waals surface area (Å²) in [5.41, 5.74) is 3.58. The first-order chi connectivity index (χ1) is 13.9. The average Bonchev–Trinajstić information content (AvgIpc) is 2.71.